The normalized spacial score (nSPS) is 11.4. The molecule has 1 N–H and O–H groups in total. The van der Waals surface area contributed by atoms with Crippen LogP contribution >= 0.6 is 0 Å². The van der Waals surface area contributed by atoms with Crippen molar-refractivity contribution in [2.75, 3.05) is 7.11 Å². The summed E-state index contributed by atoms with van der Waals surface area (Å²) in [5.41, 5.74) is 1.90. The first-order valence-corrected chi connectivity index (χ1v) is 6.91. The maximum Gasteiger partial charge on any atom is 0.394 e. The van der Waals surface area contributed by atoms with Crippen LogP contribution in [0.15, 0.2) is 34.9 Å². The molecule has 0 saturated carbocycles. The SMILES string of the molecule is COc1ccc(COc2nc(CNC(C)(C)C)co2)cc1. The van der Waals surface area contributed by atoms with Gasteiger partial charge in [0.25, 0.3) is 0 Å². The van der Waals surface area contributed by atoms with Gasteiger partial charge in [-0.3, -0.25) is 0 Å². The van der Waals surface area contributed by atoms with E-state index < -0.39 is 0 Å². The van der Waals surface area contributed by atoms with E-state index in [9.17, 15) is 0 Å². The molecular weight excluding hydrogens is 268 g/mol. The molecule has 0 aliphatic carbocycles. The maximum absolute atomic E-state index is 5.53. The molecule has 0 aliphatic heterocycles. The number of oxazole rings is 1. The van der Waals surface area contributed by atoms with Crippen LogP contribution in [0.25, 0.3) is 0 Å². The van der Waals surface area contributed by atoms with Gasteiger partial charge in [0, 0.05) is 12.1 Å². The van der Waals surface area contributed by atoms with Crippen LogP contribution in [0.5, 0.6) is 11.8 Å². The van der Waals surface area contributed by atoms with Crippen LogP contribution in [0.4, 0.5) is 0 Å². The minimum absolute atomic E-state index is 0.0447. The third kappa shape index (κ3) is 5.11. The van der Waals surface area contributed by atoms with E-state index in [0.29, 0.717) is 13.2 Å². The van der Waals surface area contributed by atoms with Crippen molar-refractivity contribution in [3.63, 3.8) is 0 Å². The van der Waals surface area contributed by atoms with Gasteiger partial charge in [-0.05, 0) is 38.5 Å². The zero-order chi connectivity index (χ0) is 15.3. The van der Waals surface area contributed by atoms with Crippen molar-refractivity contribution in [3.05, 3.63) is 41.8 Å². The van der Waals surface area contributed by atoms with Gasteiger partial charge in [0.15, 0.2) is 0 Å². The molecule has 5 heteroatoms. The molecule has 114 valence electrons. The Hall–Kier alpha value is -2.01. The van der Waals surface area contributed by atoms with Crippen LogP contribution in [0.1, 0.15) is 32.0 Å². The average Bonchev–Trinajstić information content (AvgIpc) is 2.91. The van der Waals surface area contributed by atoms with Crippen molar-refractivity contribution >= 4 is 0 Å². The molecule has 0 saturated heterocycles. The minimum Gasteiger partial charge on any atom is -0.497 e. The largest absolute Gasteiger partial charge is 0.497 e. The molecule has 0 bridgehead atoms. The van der Waals surface area contributed by atoms with Crippen molar-refractivity contribution in [3.8, 4) is 11.8 Å². The summed E-state index contributed by atoms with van der Waals surface area (Å²) in [5, 5.41) is 3.35. The van der Waals surface area contributed by atoms with E-state index in [1.165, 1.54) is 0 Å². The zero-order valence-corrected chi connectivity index (χ0v) is 13.0. The topological polar surface area (TPSA) is 56.5 Å². The van der Waals surface area contributed by atoms with Gasteiger partial charge in [-0.25, -0.2) is 0 Å². The predicted molar refractivity (Wildman–Crippen MR) is 80.4 cm³/mol. The smallest absolute Gasteiger partial charge is 0.394 e. The lowest BCUT2D eigenvalue weighted by molar-refractivity contribution is 0.220. The Balaban J connectivity index is 1.84. The quantitative estimate of drug-likeness (QED) is 0.885. The molecule has 2 aromatic rings. The van der Waals surface area contributed by atoms with Crippen LogP contribution in [0.2, 0.25) is 0 Å². The van der Waals surface area contributed by atoms with E-state index >= 15 is 0 Å². The van der Waals surface area contributed by atoms with Crippen molar-refractivity contribution in [2.24, 2.45) is 0 Å². The number of rotatable bonds is 6. The standard InChI is InChI=1S/C16H22N2O3/c1-16(2,3)17-9-13-11-21-15(18-13)20-10-12-5-7-14(19-4)8-6-12/h5-8,11,17H,9-10H2,1-4H3. The molecule has 0 atom stereocenters. The Kier molecular flexibility index (Phi) is 4.85. The first kappa shape index (κ1) is 15.4. The fourth-order valence-electron chi connectivity index (χ4n) is 1.66. The Bertz CT molecular complexity index is 556. The van der Waals surface area contributed by atoms with E-state index in [1.807, 2.05) is 24.3 Å². The number of aromatic nitrogens is 1. The minimum atomic E-state index is 0.0447. The van der Waals surface area contributed by atoms with Gasteiger partial charge in [-0.2, -0.15) is 4.98 Å². The molecule has 0 spiro atoms. The monoisotopic (exact) mass is 290 g/mol. The van der Waals surface area contributed by atoms with E-state index in [-0.39, 0.29) is 11.6 Å². The fraction of sp³-hybridized carbons (Fsp3) is 0.438. The maximum atomic E-state index is 5.53. The van der Waals surface area contributed by atoms with Gasteiger partial charge in [0.1, 0.15) is 18.6 Å². The van der Waals surface area contributed by atoms with Gasteiger partial charge in [-0.1, -0.05) is 12.1 Å². The molecule has 1 aromatic heterocycles. The number of methoxy groups -OCH3 is 1. The van der Waals surface area contributed by atoms with Gasteiger partial charge in [0.2, 0.25) is 0 Å². The molecular formula is C16H22N2O3. The van der Waals surface area contributed by atoms with Crippen LogP contribution in [-0.2, 0) is 13.2 Å². The van der Waals surface area contributed by atoms with Gasteiger partial charge < -0.3 is 19.2 Å². The molecule has 1 aromatic carbocycles. The van der Waals surface area contributed by atoms with Crippen LogP contribution in [0.3, 0.4) is 0 Å². The Morgan fingerprint density at radius 2 is 1.90 bits per heavy atom. The molecule has 1 heterocycles. The van der Waals surface area contributed by atoms with Crippen molar-refractivity contribution < 1.29 is 13.9 Å². The summed E-state index contributed by atoms with van der Waals surface area (Å²) in [5.74, 6) is 0.824. The highest BCUT2D eigenvalue weighted by Crippen LogP contribution is 2.15. The Labute approximate surface area is 125 Å². The van der Waals surface area contributed by atoms with Crippen molar-refractivity contribution in [1.29, 1.82) is 0 Å². The van der Waals surface area contributed by atoms with Crippen molar-refractivity contribution in [1.82, 2.24) is 10.3 Å². The molecule has 5 nitrogen and oxygen atoms in total. The summed E-state index contributed by atoms with van der Waals surface area (Å²) in [6, 6.07) is 7.69. The number of hydrogen-bond acceptors (Lipinski definition) is 5. The number of nitrogens with zero attached hydrogens (tertiary/aromatic N) is 1. The van der Waals surface area contributed by atoms with E-state index in [2.05, 4.69) is 31.1 Å². The molecule has 2 rings (SSSR count). The summed E-state index contributed by atoms with van der Waals surface area (Å²) in [4.78, 5) is 4.29. The van der Waals surface area contributed by atoms with Gasteiger partial charge in [0.05, 0.1) is 12.8 Å². The van der Waals surface area contributed by atoms with E-state index in [1.54, 1.807) is 13.4 Å². The summed E-state index contributed by atoms with van der Waals surface area (Å²) in [6.45, 7) is 7.38. The second kappa shape index (κ2) is 6.63. The number of ether oxygens (including phenoxy) is 2. The van der Waals surface area contributed by atoms with Crippen LogP contribution < -0.4 is 14.8 Å². The highest BCUT2D eigenvalue weighted by Gasteiger charge is 2.11. The molecule has 21 heavy (non-hydrogen) atoms. The van der Waals surface area contributed by atoms with Crippen molar-refractivity contribution in [2.45, 2.75) is 39.5 Å². The molecule has 0 aliphatic rings. The summed E-state index contributed by atoms with van der Waals surface area (Å²) >= 11 is 0. The van der Waals surface area contributed by atoms with Crippen LogP contribution in [0, 0.1) is 0 Å². The number of nitrogens with one attached hydrogen (secondary N) is 1. The zero-order valence-electron chi connectivity index (χ0n) is 13.0. The first-order valence-electron chi connectivity index (χ1n) is 6.91. The fourth-order valence-corrected chi connectivity index (χ4v) is 1.66. The third-order valence-electron chi connectivity index (χ3n) is 2.85. The van der Waals surface area contributed by atoms with E-state index in [4.69, 9.17) is 13.9 Å². The molecule has 0 amide bonds. The lowest BCUT2D eigenvalue weighted by Gasteiger charge is -2.19. The molecule has 0 radical (unpaired) electrons. The second-order valence-electron chi connectivity index (χ2n) is 5.85. The highest BCUT2D eigenvalue weighted by molar-refractivity contribution is 5.26. The highest BCUT2D eigenvalue weighted by atomic mass is 16.6. The van der Waals surface area contributed by atoms with Crippen LogP contribution in [-0.4, -0.2) is 17.6 Å². The predicted octanol–water partition coefficient (Wildman–Crippen LogP) is 3.15. The second-order valence-corrected chi connectivity index (χ2v) is 5.85. The average molecular weight is 290 g/mol. The summed E-state index contributed by atoms with van der Waals surface area (Å²) < 4.78 is 15.9. The van der Waals surface area contributed by atoms with Gasteiger partial charge in [-0.15, -0.1) is 0 Å². The lowest BCUT2D eigenvalue weighted by Crippen LogP contribution is -2.35. The Morgan fingerprint density at radius 3 is 2.52 bits per heavy atom. The lowest BCUT2D eigenvalue weighted by atomic mass is 10.1. The molecule has 0 fully saturated rings. The number of hydrogen-bond donors (Lipinski definition) is 1. The first-order chi connectivity index (χ1) is 9.96. The van der Waals surface area contributed by atoms with E-state index in [0.717, 1.165) is 17.0 Å². The third-order valence-corrected chi connectivity index (χ3v) is 2.85. The molecule has 0 unspecified atom stereocenters. The summed E-state index contributed by atoms with van der Waals surface area (Å²) in [6.07, 6.45) is 1.90. The number of benzene rings is 1. The Morgan fingerprint density at radius 1 is 1.19 bits per heavy atom. The summed E-state index contributed by atoms with van der Waals surface area (Å²) in [7, 11) is 1.64. The van der Waals surface area contributed by atoms with Gasteiger partial charge >= 0.3 is 6.08 Å².